The highest BCUT2D eigenvalue weighted by molar-refractivity contribution is 6.31. The third kappa shape index (κ3) is 2.35. The fraction of sp³-hybridized carbons (Fsp3) is 0.0526. The Balaban J connectivity index is 2.08. The van der Waals surface area contributed by atoms with Gasteiger partial charge in [-0.1, -0.05) is 41.9 Å². The lowest BCUT2D eigenvalue weighted by atomic mass is 9.84. The van der Waals surface area contributed by atoms with E-state index in [2.05, 4.69) is 6.07 Å². The molecule has 2 N–H and O–H groups in total. The zero-order valence-corrected chi connectivity index (χ0v) is 13.6. The molecule has 5 nitrogen and oxygen atoms in total. The molecular weight excluding hydrogens is 340 g/mol. The molecule has 0 aliphatic carbocycles. The van der Waals surface area contributed by atoms with E-state index in [1.807, 2.05) is 30.3 Å². The van der Waals surface area contributed by atoms with E-state index in [0.29, 0.717) is 16.0 Å². The Hall–Kier alpha value is -3.23. The van der Waals surface area contributed by atoms with Crippen molar-refractivity contribution >= 4 is 22.6 Å². The SMILES string of the molecule is N#CC1=C(N)Oc2oc3cc(Cl)ccc3c(=O)c2[C@H]1c1ccccc1. The molecule has 0 radical (unpaired) electrons. The van der Waals surface area contributed by atoms with Crippen molar-refractivity contribution in [3.05, 3.63) is 86.4 Å². The summed E-state index contributed by atoms with van der Waals surface area (Å²) in [6.45, 7) is 0. The molecule has 6 heteroatoms. The molecule has 2 heterocycles. The Labute approximate surface area is 147 Å². The van der Waals surface area contributed by atoms with Crippen molar-refractivity contribution in [3.8, 4) is 12.0 Å². The van der Waals surface area contributed by atoms with E-state index in [1.165, 1.54) is 0 Å². The van der Waals surface area contributed by atoms with Crippen LogP contribution in [0.1, 0.15) is 17.0 Å². The van der Waals surface area contributed by atoms with Gasteiger partial charge in [0.25, 0.3) is 5.95 Å². The van der Waals surface area contributed by atoms with Gasteiger partial charge in [-0.15, -0.1) is 0 Å². The summed E-state index contributed by atoms with van der Waals surface area (Å²) >= 11 is 5.97. The van der Waals surface area contributed by atoms with Crippen LogP contribution in [-0.4, -0.2) is 0 Å². The number of ether oxygens (including phenoxy) is 1. The number of fused-ring (bicyclic) bond motifs is 2. The van der Waals surface area contributed by atoms with Crippen LogP contribution in [0.3, 0.4) is 0 Å². The molecule has 2 aromatic carbocycles. The van der Waals surface area contributed by atoms with Crippen LogP contribution in [0.5, 0.6) is 5.95 Å². The zero-order chi connectivity index (χ0) is 17.6. The average molecular weight is 351 g/mol. The Morgan fingerprint density at radius 3 is 2.64 bits per heavy atom. The topological polar surface area (TPSA) is 89.2 Å². The number of nitrogens with zero attached hydrogens (tertiary/aromatic N) is 1. The maximum Gasteiger partial charge on any atom is 0.300 e. The first-order valence-corrected chi connectivity index (χ1v) is 7.86. The van der Waals surface area contributed by atoms with Crippen LogP contribution in [0.2, 0.25) is 5.02 Å². The second-order valence-corrected chi connectivity index (χ2v) is 6.04. The Kier molecular flexibility index (Phi) is 3.48. The van der Waals surface area contributed by atoms with Gasteiger partial charge in [-0.25, -0.2) is 0 Å². The standard InChI is InChI=1S/C19H11ClN2O3/c20-11-6-7-12-14(8-11)24-19-16(17(12)23)15(10-4-2-1-3-5-10)13(9-21)18(22)25-19/h1-8,15H,22H2/t15-/m0/s1. The average Bonchev–Trinajstić information content (AvgIpc) is 2.61. The fourth-order valence-electron chi connectivity index (χ4n) is 3.03. The van der Waals surface area contributed by atoms with Crippen molar-refractivity contribution in [1.29, 1.82) is 5.26 Å². The molecule has 122 valence electrons. The fourth-order valence-corrected chi connectivity index (χ4v) is 3.19. The lowest BCUT2D eigenvalue weighted by molar-refractivity contribution is 0.296. The van der Waals surface area contributed by atoms with Crippen LogP contribution in [-0.2, 0) is 0 Å². The highest BCUT2D eigenvalue weighted by Crippen LogP contribution is 2.41. The van der Waals surface area contributed by atoms with E-state index in [1.54, 1.807) is 18.2 Å². The van der Waals surface area contributed by atoms with E-state index >= 15 is 0 Å². The van der Waals surface area contributed by atoms with Crippen molar-refractivity contribution in [2.75, 3.05) is 0 Å². The van der Waals surface area contributed by atoms with E-state index in [4.69, 9.17) is 26.5 Å². The third-order valence-electron chi connectivity index (χ3n) is 4.15. The molecule has 1 aliphatic heterocycles. The molecule has 0 fully saturated rings. The van der Waals surface area contributed by atoms with Gasteiger partial charge in [0.05, 0.1) is 16.9 Å². The summed E-state index contributed by atoms with van der Waals surface area (Å²) in [5.74, 6) is -0.732. The van der Waals surface area contributed by atoms with Gasteiger partial charge in [-0.3, -0.25) is 4.79 Å². The number of benzene rings is 2. The van der Waals surface area contributed by atoms with E-state index in [0.717, 1.165) is 5.56 Å². The number of allylic oxidation sites excluding steroid dienone is 1. The number of hydrogen-bond donors (Lipinski definition) is 1. The molecule has 0 spiro atoms. The van der Waals surface area contributed by atoms with Crippen LogP contribution in [0.25, 0.3) is 11.0 Å². The first kappa shape index (κ1) is 15.3. The van der Waals surface area contributed by atoms with Crippen LogP contribution < -0.4 is 15.9 Å². The lowest BCUT2D eigenvalue weighted by Gasteiger charge is -2.24. The molecule has 25 heavy (non-hydrogen) atoms. The molecule has 0 bridgehead atoms. The monoisotopic (exact) mass is 350 g/mol. The largest absolute Gasteiger partial charge is 0.425 e. The molecule has 1 aromatic heterocycles. The van der Waals surface area contributed by atoms with Gasteiger partial charge in [0.1, 0.15) is 17.2 Å². The van der Waals surface area contributed by atoms with Gasteiger partial charge in [0, 0.05) is 11.1 Å². The number of nitrogens with two attached hydrogens (primary N) is 1. The molecule has 1 atom stereocenters. The van der Waals surface area contributed by atoms with Crippen molar-refractivity contribution in [1.82, 2.24) is 0 Å². The summed E-state index contributed by atoms with van der Waals surface area (Å²) in [6, 6.07) is 16.0. The maximum atomic E-state index is 13.1. The molecule has 0 saturated carbocycles. The van der Waals surface area contributed by atoms with E-state index in [-0.39, 0.29) is 28.4 Å². The third-order valence-corrected chi connectivity index (χ3v) is 4.39. The van der Waals surface area contributed by atoms with Crippen molar-refractivity contribution in [3.63, 3.8) is 0 Å². The van der Waals surface area contributed by atoms with Gasteiger partial charge in [-0.2, -0.15) is 5.26 Å². The van der Waals surface area contributed by atoms with Crippen LogP contribution in [0.15, 0.2) is 69.2 Å². The number of nitriles is 1. The molecule has 1 aliphatic rings. The minimum atomic E-state index is -0.647. The molecule has 3 aromatic rings. The van der Waals surface area contributed by atoms with Crippen molar-refractivity contribution in [2.24, 2.45) is 5.73 Å². The molecule has 0 saturated heterocycles. The highest BCUT2D eigenvalue weighted by Gasteiger charge is 2.35. The predicted molar refractivity (Wildman–Crippen MR) is 93.2 cm³/mol. The summed E-state index contributed by atoms with van der Waals surface area (Å²) in [5.41, 5.74) is 7.12. The quantitative estimate of drug-likeness (QED) is 0.723. The Morgan fingerprint density at radius 1 is 1.16 bits per heavy atom. The van der Waals surface area contributed by atoms with Crippen LogP contribution >= 0.6 is 11.6 Å². The molecule has 0 amide bonds. The Morgan fingerprint density at radius 2 is 1.92 bits per heavy atom. The van der Waals surface area contributed by atoms with Gasteiger partial charge in [0.15, 0.2) is 0 Å². The number of halogens is 1. The first-order valence-electron chi connectivity index (χ1n) is 7.49. The second kappa shape index (κ2) is 5.69. The van der Waals surface area contributed by atoms with Gasteiger partial charge in [0.2, 0.25) is 11.3 Å². The van der Waals surface area contributed by atoms with Gasteiger partial charge >= 0.3 is 0 Å². The van der Waals surface area contributed by atoms with Gasteiger partial charge < -0.3 is 14.9 Å². The van der Waals surface area contributed by atoms with E-state index in [9.17, 15) is 10.1 Å². The second-order valence-electron chi connectivity index (χ2n) is 5.61. The highest BCUT2D eigenvalue weighted by atomic mass is 35.5. The summed E-state index contributed by atoms with van der Waals surface area (Å²) in [6.07, 6.45) is 0. The summed E-state index contributed by atoms with van der Waals surface area (Å²) in [5, 5.41) is 10.3. The van der Waals surface area contributed by atoms with Gasteiger partial charge in [-0.05, 0) is 17.7 Å². The predicted octanol–water partition coefficient (Wildman–Crippen LogP) is 3.66. The Bertz CT molecular complexity index is 1130. The van der Waals surface area contributed by atoms with Crippen LogP contribution in [0, 0.1) is 11.3 Å². The normalized spacial score (nSPS) is 16.2. The molecular formula is C19H11ClN2O3. The summed E-state index contributed by atoms with van der Waals surface area (Å²) < 4.78 is 11.2. The number of rotatable bonds is 1. The van der Waals surface area contributed by atoms with Crippen molar-refractivity contribution < 1.29 is 9.15 Å². The minimum Gasteiger partial charge on any atom is -0.425 e. The van der Waals surface area contributed by atoms with E-state index < -0.39 is 5.92 Å². The lowest BCUT2D eigenvalue weighted by Crippen LogP contribution is -2.26. The number of hydrogen-bond acceptors (Lipinski definition) is 5. The summed E-state index contributed by atoms with van der Waals surface area (Å²) in [7, 11) is 0. The first-order chi connectivity index (χ1) is 12.1. The molecule has 0 unspecified atom stereocenters. The smallest absolute Gasteiger partial charge is 0.300 e. The maximum absolute atomic E-state index is 13.1. The van der Waals surface area contributed by atoms with Crippen LogP contribution in [0.4, 0.5) is 0 Å². The van der Waals surface area contributed by atoms with Crippen molar-refractivity contribution in [2.45, 2.75) is 5.92 Å². The molecule has 4 rings (SSSR count). The minimum absolute atomic E-state index is 0.00915. The summed E-state index contributed by atoms with van der Waals surface area (Å²) in [4.78, 5) is 13.1. The zero-order valence-electron chi connectivity index (χ0n) is 12.8.